The summed E-state index contributed by atoms with van der Waals surface area (Å²) in [7, 11) is 0. The van der Waals surface area contributed by atoms with Gasteiger partial charge in [-0.05, 0) is 29.8 Å². The molecular weight excluding hydrogens is 294 g/mol. The zero-order valence-electron chi connectivity index (χ0n) is 10.9. The van der Waals surface area contributed by atoms with E-state index in [9.17, 15) is 13.6 Å². The monoisotopic (exact) mass is 306 g/mol. The van der Waals surface area contributed by atoms with E-state index in [2.05, 4.69) is 5.32 Å². The molecule has 21 heavy (non-hydrogen) atoms. The van der Waals surface area contributed by atoms with Crippen LogP contribution in [0.25, 0.3) is 0 Å². The minimum Gasteiger partial charge on any atom is -0.389 e. The van der Waals surface area contributed by atoms with Crippen molar-refractivity contribution in [2.45, 2.75) is 6.42 Å². The number of halogens is 2. The fourth-order valence-corrected chi connectivity index (χ4v) is 2.07. The molecule has 0 heterocycles. The van der Waals surface area contributed by atoms with Gasteiger partial charge < -0.3 is 11.1 Å². The SMILES string of the molecule is NC(=S)c1c(F)cccc1NC(=O)Cc1ccc(F)cc1. The zero-order chi connectivity index (χ0) is 15.4. The average Bonchev–Trinajstić information content (AvgIpc) is 2.41. The van der Waals surface area contributed by atoms with Crippen LogP contribution < -0.4 is 11.1 Å². The third kappa shape index (κ3) is 3.82. The highest BCUT2D eigenvalue weighted by Gasteiger charge is 2.13. The van der Waals surface area contributed by atoms with Crippen molar-refractivity contribution in [1.29, 1.82) is 0 Å². The van der Waals surface area contributed by atoms with Crippen molar-refractivity contribution >= 4 is 28.8 Å². The highest BCUT2D eigenvalue weighted by molar-refractivity contribution is 7.80. The first-order chi connectivity index (χ1) is 9.97. The number of rotatable bonds is 4. The lowest BCUT2D eigenvalue weighted by atomic mass is 10.1. The number of amides is 1. The Hall–Kier alpha value is -2.34. The number of hydrogen-bond donors (Lipinski definition) is 2. The summed E-state index contributed by atoms with van der Waals surface area (Å²) in [5, 5.41) is 2.56. The van der Waals surface area contributed by atoms with Crippen LogP contribution in [0, 0.1) is 11.6 Å². The Morgan fingerprint density at radius 1 is 1.14 bits per heavy atom. The summed E-state index contributed by atoms with van der Waals surface area (Å²) in [4.78, 5) is 11.8. The van der Waals surface area contributed by atoms with Crippen molar-refractivity contribution in [3.8, 4) is 0 Å². The molecule has 2 aromatic rings. The molecule has 0 saturated heterocycles. The molecule has 0 spiro atoms. The Morgan fingerprint density at radius 3 is 2.43 bits per heavy atom. The van der Waals surface area contributed by atoms with E-state index < -0.39 is 5.82 Å². The van der Waals surface area contributed by atoms with E-state index in [1.807, 2.05) is 0 Å². The maximum absolute atomic E-state index is 13.7. The molecule has 2 rings (SSSR count). The summed E-state index contributed by atoms with van der Waals surface area (Å²) in [6.07, 6.45) is 0.0353. The minimum atomic E-state index is -0.595. The molecule has 108 valence electrons. The van der Waals surface area contributed by atoms with Crippen molar-refractivity contribution in [3.63, 3.8) is 0 Å². The van der Waals surface area contributed by atoms with Crippen molar-refractivity contribution in [2.24, 2.45) is 5.73 Å². The summed E-state index contributed by atoms with van der Waals surface area (Å²) >= 11 is 4.78. The van der Waals surface area contributed by atoms with Gasteiger partial charge in [-0.15, -0.1) is 0 Å². The molecule has 3 N–H and O–H groups in total. The third-order valence-corrected chi connectivity index (χ3v) is 3.02. The highest BCUT2D eigenvalue weighted by atomic mass is 32.1. The number of carbonyl (C=O) groups is 1. The first kappa shape index (κ1) is 15.1. The van der Waals surface area contributed by atoms with E-state index in [0.29, 0.717) is 5.56 Å². The number of thiocarbonyl (C=S) groups is 1. The van der Waals surface area contributed by atoms with Crippen molar-refractivity contribution in [1.82, 2.24) is 0 Å². The van der Waals surface area contributed by atoms with Gasteiger partial charge in [0.2, 0.25) is 5.91 Å². The zero-order valence-corrected chi connectivity index (χ0v) is 11.7. The normalized spacial score (nSPS) is 10.2. The fourth-order valence-electron chi connectivity index (χ4n) is 1.86. The first-order valence-electron chi connectivity index (χ1n) is 6.10. The third-order valence-electron chi connectivity index (χ3n) is 2.81. The van der Waals surface area contributed by atoms with Gasteiger partial charge in [0.1, 0.15) is 16.6 Å². The second kappa shape index (κ2) is 6.41. The summed E-state index contributed by atoms with van der Waals surface area (Å²) < 4.78 is 26.4. The van der Waals surface area contributed by atoms with Crippen LogP contribution in [0.15, 0.2) is 42.5 Å². The number of benzene rings is 2. The van der Waals surface area contributed by atoms with Gasteiger partial charge in [-0.3, -0.25) is 4.79 Å². The number of carbonyl (C=O) groups excluding carboxylic acids is 1. The number of hydrogen-bond acceptors (Lipinski definition) is 2. The number of nitrogens with two attached hydrogens (primary N) is 1. The van der Waals surface area contributed by atoms with Crippen molar-refractivity contribution in [3.05, 3.63) is 65.2 Å². The van der Waals surface area contributed by atoms with E-state index in [0.717, 1.165) is 0 Å². The number of anilines is 1. The van der Waals surface area contributed by atoms with E-state index in [1.165, 1.54) is 42.5 Å². The molecule has 6 heteroatoms. The molecule has 1 amide bonds. The molecule has 0 fully saturated rings. The van der Waals surface area contributed by atoms with Gasteiger partial charge in [0.15, 0.2) is 0 Å². The fraction of sp³-hybridized carbons (Fsp3) is 0.0667. The predicted octanol–water partition coefficient (Wildman–Crippen LogP) is 2.78. The summed E-state index contributed by atoms with van der Waals surface area (Å²) in [6.45, 7) is 0. The van der Waals surface area contributed by atoms with Gasteiger partial charge in [-0.1, -0.05) is 30.4 Å². The summed E-state index contributed by atoms with van der Waals surface area (Å²) in [5.74, 6) is -1.34. The van der Waals surface area contributed by atoms with Crippen LogP contribution in [-0.2, 0) is 11.2 Å². The second-order valence-corrected chi connectivity index (χ2v) is 4.82. The molecule has 0 radical (unpaired) electrons. The number of nitrogens with one attached hydrogen (secondary N) is 1. The van der Waals surface area contributed by atoms with Crippen LogP contribution in [0.2, 0.25) is 0 Å². The lowest BCUT2D eigenvalue weighted by Gasteiger charge is -2.11. The van der Waals surface area contributed by atoms with Crippen molar-refractivity contribution in [2.75, 3.05) is 5.32 Å². The molecule has 0 aromatic heterocycles. The quantitative estimate of drug-likeness (QED) is 0.854. The molecular formula is C15H12F2N2OS. The van der Waals surface area contributed by atoms with Gasteiger partial charge >= 0.3 is 0 Å². The molecule has 2 aromatic carbocycles. The standard InChI is InChI=1S/C15H12F2N2OS/c16-10-6-4-9(5-7-10)8-13(20)19-12-3-1-2-11(17)14(12)15(18)21/h1-7H,8H2,(H2,18,21)(H,19,20). The summed E-state index contributed by atoms with van der Waals surface area (Å²) in [5.41, 5.74) is 6.32. The van der Waals surface area contributed by atoms with Gasteiger partial charge in [0.05, 0.1) is 17.7 Å². The molecule has 3 nitrogen and oxygen atoms in total. The molecule has 0 aliphatic carbocycles. The Bertz CT molecular complexity index is 687. The molecule has 0 saturated carbocycles. The predicted molar refractivity (Wildman–Crippen MR) is 81.0 cm³/mol. The average molecular weight is 306 g/mol. The molecule has 0 aliphatic rings. The lowest BCUT2D eigenvalue weighted by Crippen LogP contribution is -2.20. The van der Waals surface area contributed by atoms with Crippen LogP contribution in [0.5, 0.6) is 0 Å². The Morgan fingerprint density at radius 2 is 1.81 bits per heavy atom. The van der Waals surface area contributed by atoms with Crippen LogP contribution in [0.1, 0.15) is 11.1 Å². The largest absolute Gasteiger partial charge is 0.389 e. The van der Waals surface area contributed by atoms with E-state index in [-0.39, 0.29) is 34.4 Å². The van der Waals surface area contributed by atoms with E-state index in [4.69, 9.17) is 18.0 Å². The second-order valence-electron chi connectivity index (χ2n) is 4.38. The van der Waals surface area contributed by atoms with Gasteiger partial charge in [-0.2, -0.15) is 0 Å². The molecule has 0 bridgehead atoms. The Labute approximate surface area is 125 Å². The van der Waals surface area contributed by atoms with Gasteiger partial charge in [-0.25, -0.2) is 8.78 Å². The highest BCUT2D eigenvalue weighted by Crippen LogP contribution is 2.19. The molecule has 0 atom stereocenters. The van der Waals surface area contributed by atoms with Gasteiger partial charge in [0, 0.05) is 0 Å². The summed E-state index contributed by atoms with van der Waals surface area (Å²) in [6, 6.07) is 9.73. The topological polar surface area (TPSA) is 55.1 Å². The molecule has 0 unspecified atom stereocenters. The smallest absolute Gasteiger partial charge is 0.228 e. The molecule has 0 aliphatic heterocycles. The Balaban J connectivity index is 2.15. The van der Waals surface area contributed by atoms with Crippen molar-refractivity contribution < 1.29 is 13.6 Å². The lowest BCUT2D eigenvalue weighted by molar-refractivity contribution is -0.115. The van der Waals surface area contributed by atoms with Crippen LogP contribution >= 0.6 is 12.2 Å². The van der Waals surface area contributed by atoms with Crippen LogP contribution in [0.4, 0.5) is 14.5 Å². The Kier molecular flexibility index (Phi) is 4.59. The maximum atomic E-state index is 13.7. The van der Waals surface area contributed by atoms with Crippen LogP contribution in [-0.4, -0.2) is 10.9 Å². The van der Waals surface area contributed by atoms with Gasteiger partial charge in [0.25, 0.3) is 0 Å². The van der Waals surface area contributed by atoms with E-state index in [1.54, 1.807) is 0 Å². The van der Waals surface area contributed by atoms with E-state index >= 15 is 0 Å². The first-order valence-corrected chi connectivity index (χ1v) is 6.51. The maximum Gasteiger partial charge on any atom is 0.228 e. The minimum absolute atomic E-state index is 0.0000406. The van der Waals surface area contributed by atoms with Crippen LogP contribution in [0.3, 0.4) is 0 Å².